The van der Waals surface area contributed by atoms with Crippen LogP contribution in [0, 0.1) is 0 Å². The highest BCUT2D eigenvalue weighted by molar-refractivity contribution is 14.2. The van der Waals surface area contributed by atoms with Gasteiger partial charge in [0.1, 0.15) is 19.0 Å². The maximum atomic E-state index is 13.2. The minimum absolute atomic E-state index is 0.120. The fourth-order valence-corrected chi connectivity index (χ4v) is 4.54. The number of ether oxygens (including phenoxy) is 2. The molecule has 1 unspecified atom stereocenters. The number of methoxy groups -OCH3 is 1. The first-order valence-corrected chi connectivity index (χ1v) is 14.4. The van der Waals surface area contributed by atoms with Crippen molar-refractivity contribution in [3.63, 3.8) is 0 Å². The first-order valence-electron chi connectivity index (χ1n) is 10.4. The number of pyridine rings is 1. The van der Waals surface area contributed by atoms with Gasteiger partial charge in [0.25, 0.3) is 0 Å². The fourth-order valence-electron chi connectivity index (χ4n) is 3.87. The van der Waals surface area contributed by atoms with Crippen LogP contribution < -0.4 is 15.6 Å². The maximum Gasteiger partial charge on any atom is 0.224 e. The molecule has 1 aromatic carbocycles. The molecule has 2 aromatic rings. The molecule has 1 fully saturated rings. The number of nitrogens with zero attached hydrogens (tertiary/aromatic N) is 2. The number of benzene rings is 1. The molecule has 9 heteroatoms. The number of hydrogen-bond acceptors (Lipinski definition) is 6. The van der Waals surface area contributed by atoms with Gasteiger partial charge in [0.05, 0.1) is 31.1 Å². The minimum atomic E-state index is -0.120. The third kappa shape index (κ3) is 5.08. The highest BCUT2D eigenvalue weighted by Crippen LogP contribution is 2.40. The molecule has 1 aromatic heterocycles. The number of aromatic nitrogens is 1. The van der Waals surface area contributed by atoms with Crippen molar-refractivity contribution in [3.05, 3.63) is 69.1 Å². The van der Waals surface area contributed by atoms with Crippen molar-refractivity contribution in [2.24, 2.45) is 0 Å². The first kappa shape index (κ1) is 22.6. The van der Waals surface area contributed by atoms with Gasteiger partial charge in [0, 0.05) is 19.7 Å². The quantitative estimate of drug-likeness (QED) is 0.369. The SMILES string of the molecule is COCCN1CNn2c(COPI)cc(=O)c(OCc3ccccc3)c2C1=C1CCC1. The predicted octanol–water partition coefficient (Wildman–Crippen LogP) is 4.25. The number of nitrogens with one attached hydrogen (secondary N) is 1. The van der Waals surface area contributed by atoms with Crippen LogP contribution >= 0.6 is 28.5 Å². The van der Waals surface area contributed by atoms with Crippen LogP contribution in [-0.2, 0) is 22.5 Å². The third-order valence-electron chi connectivity index (χ3n) is 5.57. The van der Waals surface area contributed by atoms with Crippen LogP contribution in [0.15, 0.2) is 46.8 Å². The lowest BCUT2D eigenvalue weighted by molar-refractivity contribution is 0.170. The van der Waals surface area contributed by atoms with E-state index in [0.29, 0.717) is 38.7 Å². The second-order valence-corrected chi connectivity index (χ2v) is 9.30. The molecule has 0 saturated heterocycles. The van der Waals surface area contributed by atoms with Crippen molar-refractivity contribution in [2.75, 3.05) is 32.4 Å². The van der Waals surface area contributed by atoms with Gasteiger partial charge in [0.15, 0.2) is 5.75 Å². The Morgan fingerprint density at radius 1 is 1.19 bits per heavy atom. The van der Waals surface area contributed by atoms with E-state index >= 15 is 0 Å². The van der Waals surface area contributed by atoms with E-state index in [4.69, 9.17) is 14.0 Å². The summed E-state index contributed by atoms with van der Waals surface area (Å²) in [5.74, 6) is 0.383. The summed E-state index contributed by atoms with van der Waals surface area (Å²) in [5.41, 5.74) is 8.43. The van der Waals surface area contributed by atoms with Crippen molar-refractivity contribution >= 4 is 34.2 Å². The highest BCUT2D eigenvalue weighted by Gasteiger charge is 2.32. The van der Waals surface area contributed by atoms with Gasteiger partial charge in [0.2, 0.25) is 5.43 Å². The molecular formula is C22H27IN3O4P. The molecule has 0 bridgehead atoms. The molecule has 31 heavy (non-hydrogen) atoms. The van der Waals surface area contributed by atoms with E-state index in [1.165, 1.54) is 12.0 Å². The van der Waals surface area contributed by atoms with Gasteiger partial charge in [-0.2, -0.15) is 0 Å². The summed E-state index contributed by atoms with van der Waals surface area (Å²) in [6, 6.07) is 11.6. The van der Waals surface area contributed by atoms with Crippen molar-refractivity contribution < 1.29 is 14.0 Å². The molecule has 1 N–H and O–H groups in total. The summed E-state index contributed by atoms with van der Waals surface area (Å²) in [5, 5.41) is 0. The van der Waals surface area contributed by atoms with Gasteiger partial charge in [-0.1, -0.05) is 30.3 Å². The molecule has 1 saturated carbocycles. The second-order valence-electron chi connectivity index (χ2n) is 7.53. The molecule has 1 atom stereocenters. The lowest BCUT2D eigenvalue weighted by Crippen LogP contribution is -2.44. The van der Waals surface area contributed by atoms with Gasteiger partial charge in [-0.3, -0.25) is 9.47 Å². The molecule has 1 aliphatic carbocycles. The zero-order chi connectivity index (χ0) is 21.6. The topological polar surface area (TPSA) is 65.0 Å². The molecule has 0 spiro atoms. The van der Waals surface area contributed by atoms with E-state index < -0.39 is 0 Å². The summed E-state index contributed by atoms with van der Waals surface area (Å²) < 4.78 is 19.2. The average molecular weight is 555 g/mol. The van der Waals surface area contributed by atoms with Crippen LogP contribution in [0.2, 0.25) is 0 Å². The fraction of sp³-hybridized carbons (Fsp3) is 0.409. The molecule has 2 heterocycles. The molecule has 7 nitrogen and oxygen atoms in total. The Bertz CT molecular complexity index is 990. The van der Waals surface area contributed by atoms with Crippen LogP contribution in [0.3, 0.4) is 0 Å². The van der Waals surface area contributed by atoms with Gasteiger partial charge < -0.3 is 24.3 Å². The molecule has 0 amide bonds. The predicted molar refractivity (Wildman–Crippen MR) is 132 cm³/mol. The monoisotopic (exact) mass is 555 g/mol. The summed E-state index contributed by atoms with van der Waals surface area (Å²) in [6.07, 6.45) is 3.26. The van der Waals surface area contributed by atoms with E-state index in [1.807, 2.05) is 35.0 Å². The Balaban J connectivity index is 1.79. The van der Waals surface area contributed by atoms with Crippen molar-refractivity contribution in [1.82, 2.24) is 9.58 Å². The number of allylic oxidation sites excluding steroid dienone is 1. The third-order valence-corrected chi connectivity index (χ3v) is 6.75. The van der Waals surface area contributed by atoms with Crippen LogP contribution in [0.25, 0.3) is 5.70 Å². The lowest BCUT2D eigenvalue weighted by atomic mass is 9.88. The zero-order valence-electron chi connectivity index (χ0n) is 17.5. The van der Waals surface area contributed by atoms with Crippen LogP contribution in [0.4, 0.5) is 0 Å². The average Bonchev–Trinajstić information content (AvgIpc) is 2.75. The van der Waals surface area contributed by atoms with Crippen molar-refractivity contribution in [1.29, 1.82) is 0 Å². The molecular weight excluding hydrogens is 528 g/mol. The zero-order valence-corrected chi connectivity index (χ0v) is 20.7. The van der Waals surface area contributed by atoms with E-state index in [2.05, 4.69) is 32.4 Å². The standard InChI is InChI=1S/C22H27IN3O4P/c1-28-11-10-25-15-24-26-18(14-30-31-23)12-19(27)22(21(26)20(25)17-8-5-9-17)29-13-16-6-3-2-4-7-16/h2-4,6-7,12,24,31H,5,8-11,13-15H2,1H3. The molecule has 2 aliphatic rings. The largest absolute Gasteiger partial charge is 0.483 e. The van der Waals surface area contributed by atoms with Gasteiger partial charge in [-0.15, -0.1) is 0 Å². The van der Waals surface area contributed by atoms with Crippen LogP contribution in [-0.4, -0.2) is 36.5 Å². The summed E-state index contributed by atoms with van der Waals surface area (Å²) >= 11 is 2.20. The van der Waals surface area contributed by atoms with Gasteiger partial charge in [-0.25, -0.2) is 0 Å². The maximum absolute atomic E-state index is 13.2. The van der Waals surface area contributed by atoms with E-state index in [1.54, 1.807) is 13.2 Å². The number of hydrogen-bond donors (Lipinski definition) is 1. The van der Waals surface area contributed by atoms with E-state index in [0.717, 1.165) is 42.0 Å². The molecule has 0 radical (unpaired) electrons. The van der Waals surface area contributed by atoms with Gasteiger partial charge in [-0.05, 0) is 52.4 Å². The van der Waals surface area contributed by atoms with Crippen molar-refractivity contribution in [3.8, 4) is 5.75 Å². The highest BCUT2D eigenvalue weighted by atomic mass is 127. The van der Waals surface area contributed by atoms with Gasteiger partial charge >= 0.3 is 0 Å². The Hall–Kier alpha value is -1.61. The summed E-state index contributed by atoms with van der Waals surface area (Å²) in [7, 11) is 1.71. The Morgan fingerprint density at radius 2 is 2.00 bits per heavy atom. The van der Waals surface area contributed by atoms with E-state index in [9.17, 15) is 4.79 Å². The second kappa shape index (κ2) is 10.8. The molecule has 166 valence electrons. The van der Waals surface area contributed by atoms with E-state index in [-0.39, 0.29) is 5.43 Å². The number of halogens is 1. The minimum Gasteiger partial charge on any atom is -0.483 e. The molecule has 1 aliphatic heterocycles. The summed E-state index contributed by atoms with van der Waals surface area (Å²) in [6.45, 7) is 3.03. The Kier molecular flexibility index (Phi) is 7.87. The number of fused-ring (bicyclic) bond motifs is 1. The van der Waals surface area contributed by atoms with Crippen LogP contribution in [0.1, 0.15) is 36.2 Å². The summed E-state index contributed by atoms with van der Waals surface area (Å²) in [4.78, 5) is 15.5. The first-order chi connectivity index (χ1) is 15.2. The molecule has 4 rings (SSSR count). The number of rotatable bonds is 9. The normalized spacial score (nSPS) is 15.7. The van der Waals surface area contributed by atoms with Crippen LogP contribution in [0.5, 0.6) is 5.75 Å². The van der Waals surface area contributed by atoms with Crippen molar-refractivity contribution in [2.45, 2.75) is 32.5 Å². The lowest BCUT2D eigenvalue weighted by Gasteiger charge is -2.40. The Morgan fingerprint density at radius 3 is 2.68 bits per heavy atom. The smallest absolute Gasteiger partial charge is 0.224 e. The Labute approximate surface area is 197 Å².